The van der Waals surface area contributed by atoms with Crippen molar-refractivity contribution in [2.75, 3.05) is 55.6 Å². The first-order valence-corrected chi connectivity index (χ1v) is 15.9. The Labute approximate surface area is 277 Å². The number of likely N-dealkylation sites (N-methyl/N-ethyl adjacent to an activating group) is 2. The van der Waals surface area contributed by atoms with Gasteiger partial charge in [-0.15, -0.1) is 0 Å². The van der Waals surface area contributed by atoms with Crippen molar-refractivity contribution in [2.45, 2.75) is 31.3 Å². The lowest BCUT2D eigenvalue weighted by molar-refractivity contribution is 0.228. The molecule has 0 saturated heterocycles. The van der Waals surface area contributed by atoms with Crippen molar-refractivity contribution in [2.24, 2.45) is 0 Å². The molecule has 2 atom stereocenters. The summed E-state index contributed by atoms with van der Waals surface area (Å²) in [7, 11) is 10.9. The number of methoxy groups -OCH3 is 4. The number of fused-ring (bicyclic) bond motifs is 2. The topological polar surface area (TPSA) is 72.9 Å². The van der Waals surface area contributed by atoms with E-state index in [9.17, 15) is 5.11 Å². The summed E-state index contributed by atoms with van der Waals surface area (Å²) < 4.78 is 28.9. The lowest BCUT2D eigenvalue weighted by Crippen LogP contribution is -2.33. The van der Waals surface area contributed by atoms with Crippen molar-refractivity contribution in [1.82, 2.24) is 9.80 Å². The molecular weight excluding hydrogens is 592 g/mol. The van der Waals surface area contributed by atoms with Crippen molar-refractivity contribution < 1.29 is 28.8 Å². The molecule has 1 N–H and O–H groups in total. The van der Waals surface area contributed by atoms with E-state index in [1.54, 1.807) is 34.5 Å². The molecule has 0 fully saturated rings. The van der Waals surface area contributed by atoms with Gasteiger partial charge in [-0.05, 0) is 121 Å². The summed E-state index contributed by atoms with van der Waals surface area (Å²) in [6, 6.07) is 22.0. The number of hydrogen-bond donors (Lipinski definition) is 1. The molecule has 6 rings (SSSR count). The van der Waals surface area contributed by atoms with Gasteiger partial charge in [0.25, 0.3) is 0 Å². The summed E-state index contributed by atoms with van der Waals surface area (Å²) in [6.45, 7) is 6.36. The maximum Gasteiger partial charge on any atom is 0.169 e. The van der Waals surface area contributed by atoms with Crippen molar-refractivity contribution in [3.05, 3.63) is 107 Å². The molecule has 47 heavy (non-hydrogen) atoms. The number of benzene rings is 4. The molecule has 0 radical (unpaired) electrons. The first-order valence-electron chi connectivity index (χ1n) is 15.9. The third kappa shape index (κ3) is 6.35. The molecule has 2 aliphatic heterocycles. The van der Waals surface area contributed by atoms with Crippen molar-refractivity contribution >= 4 is 5.57 Å². The fourth-order valence-corrected chi connectivity index (χ4v) is 6.92. The van der Waals surface area contributed by atoms with Crippen LogP contribution >= 0.6 is 0 Å². The molecular formula is C39H44N2O6. The molecule has 0 aliphatic carbocycles. The second-order valence-corrected chi connectivity index (χ2v) is 12.3. The van der Waals surface area contributed by atoms with Crippen LogP contribution in [0.5, 0.6) is 40.2 Å². The summed E-state index contributed by atoms with van der Waals surface area (Å²) in [6.07, 6.45) is 2.65. The van der Waals surface area contributed by atoms with E-state index in [1.165, 1.54) is 22.3 Å². The Morgan fingerprint density at radius 3 is 1.96 bits per heavy atom. The lowest BCUT2D eigenvalue weighted by atomic mass is 9.85. The molecule has 2 aliphatic rings. The lowest BCUT2D eigenvalue weighted by Gasteiger charge is -2.36. The summed E-state index contributed by atoms with van der Waals surface area (Å²) >= 11 is 0. The zero-order chi connectivity index (χ0) is 33.2. The minimum atomic E-state index is -0.0940. The van der Waals surface area contributed by atoms with Gasteiger partial charge in [-0.3, -0.25) is 9.80 Å². The Kier molecular flexibility index (Phi) is 9.34. The molecule has 0 saturated carbocycles. The van der Waals surface area contributed by atoms with Crippen molar-refractivity contribution in [3.63, 3.8) is 0 Å². The molecule has 0 aromatic heterocycles. The van der Waals surface area contributed by atoms with Crippen LogP contribution in [0.4, 0.5) is 0 Å². The van der Waals surface area contributed by atoms with E-state index in [4.69, 9.17) is 23.7 Å². The van der Waals surface area contributed by atoms with Gasteiger partial charge >= 0.3 is 0 Å². The van der Waals surface area contributed by atoms with E-state index in [0.717, 1.165) is 60.6 Å². The molecule has 8 heteroatoms. The highest BCUT2D eigenvalue weighted by Gasteiger charge is 2.31. The van der Waals surface area contributed by atoms with Crippen LogP contribution in [0.1, 0.15) is 45.5 Å². The summed E-state index contributed by atoms with van der Waals surface area (Å²) in [5.41, 5.74) is 7.74. The van der Waals surface area contributed by atoms with Gasteiger partial charge in [-0.25, -0.2) is 0 Å². The van der Waals surface area contributed by atoms with E-state index in [-0.39, 0.29) is 17.8 Å². The fraction of sp³-hybridized carbons (Fsp3) is 0.333. The molecule has 0 unspecified atom stereocenters. The number of aromatic hydroxyl groups is 1. The van der Waals surface area contributed by atoms with Gasteiger partial charge in [0, 0.05) is 19.1 Å². The Bertz CT molecular complexity index is 1770. The summed E-state index contributed by atoms with van der Waals surface area (Å²) in [4.78, 5) is 4.67. The van der Waals surface area contributed by atoms with Crippen LogP contribution in [0, 0.1) is 0 Å². The highest BCUT2D eigenvalue weighted by molar-refractivity contribution is 5.73. The van der Waals surface area contributed by atoms with Crippen LogP contribution < -0.4 is 23.7 Å². The molecule has 4 aromatic carbocycles. The second kappa shape index (κ2) is 13.6. The molecule has 246 valence electrons. The average Bonchev–Trinajstić information content (AvgIpc) is 3.09. The van der Waals surface area contributed by atoms with Gasteiger partial charge in [-0.1, -0.05) is 24.8 Å². The molecule has 0 amide bonds. The van der Waals surface area contributed by atoms with Crippen molar-refractivity contribution in [3.8, 4) is 40.2 Å². The Hall–Kier alpha value is -4.66. The molecule has 0 spiro atoms. The van der Waals surface area contributed by atoms with E-state index in [0.29, 0.717) is 23.0 Å². The van der Waals surface area contributed by atoms with Crippen molar-refractivity contribution in [1.29, 1.82) is 0 Å². The number of phenols is 1. The van der Waals surface area contributed by atoms with Gasteiger partial charge in [0.1, 0.15) is 5.75 Å². The summed E-state index contributed by atoms with van der Waals surface area (Å²) in [5.74, 6) is 3.80. The highest BCUT2D eigenvalue weighted by atomic mass is 16.5. The largest absolute Gasteiger partial charge is 0.504 e. The Balaban J connectivity index is 1.32. The van der Waals surface area contributed by atoms with E-state index >= 15 is 0 Å². The minimum Gasteiger partial charge on any atom is -0.504 e. The van der Waals surface area contributed by atoms with Gasteiger partial charge in [0.05, 0.1) is 34.5 Å². The molecule has 0 bridgehead atoms. The van der Waals surface area contributed by atoms with E-state index in [1.807, 2.05) is 24.3 Å². The highest BCUT2D eigenvalue weighted by Crippen LogP contribution is 2.46. The SMILES string of the molecule is C=C(c1ccc(O)c(Oc2cc3c(cc2OC)CCN(C)[C@@H]3Cc2ccc(OC)cc2)c1)[C@H]1c2cc(OC)c(OC)cc2CCN1C. The Morgan fingerprint density at radius 2 is 1.30 bits per heavy atom. The first-order chi connectivity index (χ1) is 22.7. The number of ether oxygens (including phenoxy) is 5. The smallest absolute Gasteiger partial charge is 0.169 e. The second-order valence-electron chi connectivity index (χ2n) is 12.3. The van der Waals surface area contributed by atoms with Crippen LogP contribution in [0.2, 0.25) is 0 Å². The number of hydrogen-bond acceptors (Lipinski definition) is 8. The van der Waals surface area contributed by atoms with Gasteiger partial charge in [0.2, 0.25) is 0 Å². The predicted molar refractivity (Wildman–Crippen MR) is 185 cm³/mol. The van der Waals surface area contributed by atoms with Gasteiger partial charge < -0.3 is 28.8 Å². The van der Waals surface area contributed by atoms with E-state index < -0.39 is 0 Å². The normalized spacial score (nSPS) is 17.7. The maximum atomic E-state index is 11.0. The number of rotatable bonds is 10. The Morgan fingerprint density at radius 1 is 0.702 bits per heavy atom. The molecule has 2 heterocycles. The van der Waals surface area contributed by atoms with Gasteiger partial charge in [0.15, 0.2) is 34.5 Å². The standard InChI is InChI=1S/C39H44N2O6/c1-24(39-31-23-37(46-7)35(44-5)21-28(31)15-17-41(39)3)26-10-13-33(42)34(19-26)47-38-22-30-27(20-36(38)45-6)14-16-40(2)32(30)18-25-8-11-29(43-4)12-9-25/h8-13,19-23,32,39,42H,1,14-18H2,2-7H3/t32-,39+/m1/s1. The van der Waals surface area contributed by atoms with Gasteiger partial charge in [-0.2, -0.15) is 0 Å². The zero-order valence-electron chi connectivity index (χ0n) is 28.1. The average molecular weight is 637 g/mol. The van der Waals surface area contributed by atoms with E-state index in [2.05, 4.69) is 66.9 Å². The monoisotopic (exact) mass is 636 g/mol. The first kappa shape index (κ1) is 32.3. The van der Waals surface area contributed by atoms with Crippen LogP contribution in [-0.4, -0.2) is 70.5 Å². The minimum absolute atomic E-state index is 0.0389. The van der Waals surface area contributed by atoms with Crippen LogP contribution in [0.25, 0.3) is 5.57 Å². The van der Waals surface area contributed by atoms with Crippen LogP contribution in [0.15, 0.2) is 73.3 Å². The maximum absolute atomic E-state index is 11.0. The van der Waals surface area contributed by atoms with Crippen LogP contribution in [-0.2, 0) is 19.3 Å². The molecule has 4 aromatic rings. The number of phenolic OH excluding ortho intramolecular Hbond substituents is 1. The summed E-state index contributed by atoms with van der Waals surface area (Å²) in [5, 5.41) is 11.0. The third-order valence-electron chi connectivity index (χ3n) is 9.63. The fourth-order valence-electron chi connectivity index (χ4n) is 6.92. The molecule has 8 nitrogen and oxygen atoms in total. The zero-order valence-corrected chi connectivity index (χ0v) is 28.1. The number of nitrogens with zero attached hydrogens (tertiary/aromatic N) is 2. The third-order valence-corrected chi connectivity index (χ3v) is 9.63. The quantitative estimate of drug-likeness (QED) is 0.196. The van der Waals surface area contributed by atoms with Crippen LogP contribution in [0.3, 0.4) is 0 Å². The predicted octanol–water partition coefficient (Wildman–Crippen LogP) is 7.23.